The Morgan fingerprint density at radius 1 is 1.54 bits per heavy atom. The maximum Gasteiger partial charge on any atom is 0.428 e. The lowest BCUT2D eigenvalue weighted by molar-refractivity contribution is -0.262. The van der Waals surface area contributed by atoms with Crippen LogP contribution < -0.4 is 0 Å². The summed E-state index contributed by atoms with van der Waals surface area (Å²) in [5, 5.41) is 0. The van der Waals surface area contributed by atoms with Gasteiger partial charge in [0, 0.05) is 6.08 Å². The number of esters is 1. The van der Waals surface area contributed by atoms with Crippen molar-refractivity contribution in [2.75, 3.05) is 0 Å². The molecule has 76 valence electrons. The number of halogens is 3. The lowest BCUT2D eigenvalue weighted by Crippen LogP contribution is -2.45. The van der Waals surface area contributed by atoms with Gasteiger partial charge in [-0.15, -0.1) is 0 Å². The lowest BCUT2D eigenvalue weighted by atomic mass is 10.0. The molecule has 0 saturated heterocycles. The van der Waals surface area contributed by atoms with Crippen molar-refractivity contribution in [3.63, 3.8) is 0 Å². The number of hydrogen-bond acceptors (Lipinski definition) is 2. The van der Waals surface area contributed by atoms with Gasteiger partial charge in [-0.2, -0.15) is 13.2 Å². The first-order chi connectivity index (χ1) is 5.77. The van der Waals surface area contributed by atoms with Crippen molar-refractivity contribution in [2.45, 2.75) is 32.0 Å². The SMILES string of the molecule is C=CC(=O)OC(C)(CC)C(F)(F)F. The Balaban J connectivity index is 4.65. The second-order valence-electron chi connectivity index (χ2n) is 2.71. The quantitative estimate of drug-likeness (QED) is 0.512. The van der Waals surface area contributed by atoms with Crippen molar-refractivity contribution in [1.29, 1.82) is 0 Å². The number of ether oxygens (including phenoxy) is 1. The molecule has 0 N–H and O–H groups in total. The molecule has 0 amide bonds. The molecule has 13 heavy (non-hydrogen) atoms. The molecule has 0 rings (SSSR count). The Hall–Kier alpha value is -1.00. The third-order valence-corrected chi connectivity index (χ3v) is 1.77. The first-order valence-corrected chi connectivity index (χ1v) is 3.69. The molecule has 0 aromatic rings. The van der Waals surface area contributed by atoms with Crippen LogP contribution in [0.2, 0.25) is 0 Å². The zero-order chi connectivity index (χ0) is 10.7. The summed E-state index contributed by atoms with van der Waals surface area (Å²) in [7, 11) is 0. The molecule has 0 bridgehead atoms. The number of carbonyl (C=O) groups is 1. The first kappa shape index (κ1) is 12.0. The van der Waals surface area contributed by atoms with E-state index in [0.717, 1.165) is 6.92 Å². The fraction of sp³-hybridized carbons (Fsp3) is 0.625. The Labute approximate surface area is 74.4 Å². The summed E-state index contributed by atoms with van der Waals surface area (Å²) in [5.74, 6) is -1.07. The van der Waals surface area contributed by atoms with E-state index in [4.69, 9.17) is 0 Å². The maximum atomic E-state index is 12.3. The van der Waals surface area contributed by atoms with Crippen molar-refractivity contribution < 1.29 is 22.7 Å². The third-order valence-electron chi connectivity index (χ3n) is 1.77. The summed E-state index contributed by atoms with van der Waals surface area (Å²) in [6, 6.07) is 0. The van der Waals surface area contributed by atoms with Crippen LogP contribution in [0.1, 0.15) is 20.3 Å². The average molecular weight is 196 g/mol. The van der Waals surface area contributed by atoms with Crippen LogP contribution in [0.15, 0.2) is 12.7 Å². The Bertz CT molecular complexity index is 210. The molecule has 0 saturated carbocycles. The molecule has 0 aromatic carbocycles. The minimum absolute atomic E-state index is 0.323. The van der Waals surface area contributed by atoms with Gasteiger partial charge >= 0.3 is 12.1 Å². The van der Waals surface area contributed by atoms with Crippen LogP contribution in [0.4, 0.5) is 13.2 Å². The molecule has 0 aromatic heterocycles. The van der Waals surface area contributed by atoms with Gasteiger partial charge in [-0.25, -0.2) is 4.79 Å². The molecule has 0 spiro atoms. The molecule has 1 unspecified atom stereocenters. The number of hydrogen-bond donors (Lipinski definition) is 0. The smallest absolute Gasteiger partial charge is 0.428 e. The summed E-state index contributed by atoms with van der Waals surface area (Å²) < 4.78 is 41.1. The van der Waals surface area contributed by atoms with Crippen molar-refractivity contribution in [3.05, 3.63) is 12.7 Å². The van der Waals surface area contributed by atoms with Crippen LogP contribution in [-0.2, 0) is 9.53 Å². The van der Waals surface area contributed by atoms with Gasteiger partial charge in [0.25, 0.3) is 0 Å². The third kappa shape index (κ3) is 2.75. The average Bonchev–Trinajstić information content (AvgIpc) is 2.02. The van der Waals surface area contributed by atoms with Crippen LogP contribution in [0.25, 0.3) is 0 Å². The highest BCUT2D eigenvalue weighted by Crippen LogP contribution is 2.35. The van der Waals surface area contributed by atoms with E-state index in [2.05, 4.69) is 11.3 Å². The Kier molecular flexibility index (Phi) is 3.51. The molecule has 0 radical (unpaired) electrons. The topological polar surface area (TPSA) is 26.3 Å². The van der Waals surface area contributed by atoms with Gasteiger partial charge in [0.2, 0.25) is 5.60 Å². The zero-order valence-corrected chi connectivity index (χ0v) is 7.44. The van der Waals surface area contributed by atoms with Crippen LogP contribution in [-0.4, -0.2) is 17.7 Å². The van der Waals surface area contributed by atoms with Gasteiger partial charge in [-0.05, 0) is 13.3 Å². The fourth-order valence-electron chi connectivity index (χ4n) is 0.594. The highest BCUT2D eigenvalue weighted by molar-refractivity contribution is 5.81. The molecular weight excluding hydrogens is 185 g/mol. The monoisotopic (exact) mass is 196 g/mol. The number of carbonyl (C=O) groups excluding carboxylic acids is 1. The van der Waals surface area contributed by atoms with Crippen LogP contribution in [0.3, 0.4) is 0 Å². The van der Waals surface area contributed by atoms with E-state index in [1.165, 1.54) is 6.92 Å². The van der Waals surface area contributed by atoms with Crippen molar-refractivity contribution in [1.82, 2.24) is 0 Å². The van der Waals surface area contributed by atoms with E-state index in [0.29, 0.717) is 6.08 Å². The van der Waals surface area contributed by atoms with Crippen molar-refractivity contribution >= 4 is 5.97 Å². The fourth-order valence-corrected chi connectivity index (χ4v) is 0.594. The maximum absolute atomic E-state index is 12.3. The number of rotatable bonds is 3. The summed E-state index contributed by atoms with van der Waals surface area (Å²) >= 11 is 0. The van der Waals surface area contributed by atoms with E-state index in [-0.39, 0.29) is 6.42 Å². The minimum Gasteiger partial charge on any atom is -0.447 e. The van der Waals surface area contributed by atoms with E-state index < -0.39 is 17.7 Å². The van der Waals surface area contributed by atoms with Crippen molar-refractivity contribution in [2.24, 2.45) is 0 Å². The highest BCUT2D eigenvalue weighted by Gasteiger charge is 2.52. The molecule has 0 fully saturated rings. The molecule has 2 nitrogen and oxygen atoms in total. The van der Waals surface area contributed by atoms with E-state index in [1.54, 1.807) is 0 Å². The second kappa shape index (κ2) is 3.81. The van der Waals surface area contributed by atoms with E-state index in [9.17, 15) is 18.0 Å². The second-order valence-corrected chi connectivity index (χ2v) is 2.71. The largest absolute Gasteiger partial charge is 0.447 e. The first-order valence-electron chi connectivity index (χ1n) is 3.69. The normalized spacial score (nSPS) is 16.1. The van der Waals surface area contributed by atoms with Crippen LogP contribution in [0.5, 0.6) is 0 Å². The Morgan fingerprint density at radius 3 is 2.23 bits per heavy atom. The molecule has 5 heteroatoms. The van der Waals surface area contributed by atoms with Gasteiger partial charge in [0.05, 0.1) is 0 Å². The summed E-state index contributed by atoms with van der Waals surface area (Å²) in [6.07, 6.45) is -4.17. The van der Waals surface area contributed by atoms with E-state index >= 15 is 0 Å². The van der Waals surface area contributed by atoms with Gasteiger partial charge in [0.15, 0.2) is 0 Å². The predicted octanol–water partition coefficient (Wildman–Crippen LogP) is 2.45. The molecule has 1 atom stereocenters. The summed E-state index contributed by atoms with van der Waals surface area (Å²) in [5.41, 5.74) is -2.42. The van der Waals surface area contributed by atoms with Gasteiger partial charge in [0.1, 0.15) is 0 Å². The molecule has 0 aliphatic carbocycles. The summed E-state index contributed by atoms with van der Waals surface area (Å²) in [6.45, 7) is 5.14. The summed E-state index contributed by atoms with van der Waals surface area (Å²) in [4.78, 5) is 10.6. The predicted molar refractivity (Wildman–Crippen MR) is 41.0 cm³/mol. The van der Waals surface area contributed by atoms with Gasteiger partial charge in [-0.1, -0.05) is 13.5 Å². The molecule has 0 aliphatic rings. The standard InChI is InChI=1S/C8H11F3O2/c1-4-6(12)13-7(3,5-2)8(9,10)11/h4H,1,5H2,2-3H3. The van der Waals surface area contributed by atoms with Crippen LogP contribution in [0, 0.1) is 0 Å². The minimum atomic E-state index is -4.56. The van der Waals surface area contributed by atoms with Gasteiger partial charge in [-0.3, -0.25) is 0 Å². The van der Waals surface area contributed by atoms with Crippen molar-refractivity contribution in [3.8, 4) is 0 Å². The Morgan fingerprint density at radius 2 is 2.00 bits per heavy atom. The van der Waals surface area contributed by atoms with Gasteiger partial charge < -0.3 is 4.74 Å². The molecule has 0 heterocycles. The molecular formula is C8H11F3O2. The molecule has 0 aliphatic heterocycles. The highest BCUT2D eigenvalue weighted by atomic mass is 19.4. The van der Waals surface area contributed by atoms with Crippen LogP contribution >= 0.6 is 0 Å². The number of alkyl halides is 3. The van der Waals surface area contributed by atoms with E-state index in [1.807, 2.05) is 0 Å². The lowest BCUT2D eigenvalue weighted by Gasteiger charge is -2.29. The zero-order valence-electron chi connectivity index (χ0n) is 7.44.